The number of hydrogen-bond donors (Lipinski definition) is 2. The lowest BCUT2D eigenvalue weighted by atomic mass is 9.99. The third-order valence-corrected chi connectivity index (χ3v) is 6.35. The predicted molar refractivity (Wildman–Crippen MR) is 101 cm³/mol. The fraction of sp³-hybridized carbons (Fsp3) is 0.529. The highest BCUT2D eigenvalue weighted by Crippen LogP contribution is 2.35. The number of nitrogens with zero attached hydrogens (tertiary/aromatic N) is 2. The second-order valence-electron chi connectivity index (χ2n) is 6.74. The average Bonchev–Trinajstić information content (AvgIpc) is 3.24. The highest BCUT2D eigenvalue weighted by Gasteiger charge is 2.36. The molecule has 1 unspecified atom stereocenters. The van der Waals surface area contributed by atoms with Crippen LogP contribution in [0, 0.1) is 0 Å². The van der Waals surface area contributed by atoms with E-state index in [1.807, 2.05) is 13.8 Å². The number of sulfonamides is 1. The second kappa shape index (κ2) is 8.04. The van der Waals surface area contributed by atoms with Crippen LogP contribution < -0.4 is 10.5 Å². The summed E-state index contributed by atoms with van der Waals surface area (Å²) < 4.78 is 32.5. The Morgan fingerprint density at radius 1 is 1.27 bits per heavy atom. The molecule has 1 aliphatic rings. The Morgan fingerprint density at radius 3 is 2.46 bits per heavy atom. The maximum absolute atomic E-state index is 12.3. The molecule has 1 fully saturated rings. The fourth-order valence-electron chi connectivity index (χ4n) is 2.97. The van der Waals surface area contributed by atoms with Gasteiger partial charge in [-0.25, -0.2) is 13.1 Å². The topological polar surface area (TPSA) is 111 Å². The van der Waals surface area contributed by atoms with Gasteiger partial charge in [-0.05, 0) is 50.5 Å². The van der Waals surface area contributed by atoms with Gasteiger partial charge in [-0.2, -0.15) is 4.98 Å². The summed E-state index contributed by atoms with van der Waals surface area (Å²) in [7, 11) is -3.52. The van der Waals surface area contributed by atoms with Crippen LogP contribution in [0.15, 0.2) is 33.7 Å². The Hall–Kier alpha value is -1.48. The highest BCUT2D eigenvalue weighted by atomic mass is 35.5. The maximum Gasteiger partial charge on any atom is 0.257 e. The van der Waals surface area contributed by atoms with Gasteiger partial charge in [0.25, 0.3) is 5.89 Å². The maximum atomic E-state index is 12.3. The van der Waals surface area contributed by atoms with Crippen molar-refractivity contribution >= 4 is 22.4 Å². The molecule has 0 amide bonds. The molecule has 1 heterocycles. The van der Waals surface area contributed by atoms with Gasteiger partial charge in [-0.15, -0.1) is 12.4 Å². The van der Waals surface area contributed by atoms with Crippen LogP contribution in [0.2, 0.25) is 0 Å². The van der Waals surface area contributed by atoms with E-state index in [2.05, 4.69) is 14.9 Å². The lowest BCUT2D eigenvalue weighted by Crippen LogP contribution is -2.34. The smallest absolute Gasteiger partial charge is 0.257 e. The van der Waals surface area contributed by atoms with E-state index in [-0.39, 0.29) is 23.3 Å². The SMILES string of the molecule is CCC(C)NS(=O)(=O)c1ccc(-c2nc(C3(N)CCCC3)no2)cc1.Cl. The molecule has 0 spiro atoms. The summed E-state index contributed by atoms with van der Waals surface area (Å²) in [5.74, 6) is 0.876. The molecule has 144 valence electrons. The van der Waals surface area contributed by atoms with Crippen LogP contribution >= 0.6 is 12.4 Å². The average molecular weight is 401 g/mol. The van der Waals surface area contributed by atoms with Crippen LogP contribution in [0.1, 0.15) is 51.8 Å². The zero-order valence-corrected chi connectivity index (χ0v) is 16.6. The number of benzene rings is 1. The zero-order valence-electron chi connectivity index (χ0n) is 14.9. The van der Waals surface area contributed by atoms with Gasteiger partial charge in [-0.1, -0.05) is 24.9 Å². The summed E-state index contributed by atoms with van der Waals surface area (Å²) in [4.78, 5) is 4.63. The van der Waals surface area contributed by atoms with Crippen LogP contribution in [0.4, 0.5) is 0 Å². The zero-order chi connectivity index (χ0) is 18.1. The van der Waals surface area contributed by atoms with E-state index in [4.69, 9.17) is 10.3 Å². The molecule has 9 heteroatoms. The van der Waals surface area contributed by atoms with Crippen LogP contribution in [0.5, 0.6) is 0 Å². The molecule has 0 saturated heterocycles. The highest BCUT2D eigenvalue weighted by molar-refractivity contribution is 7.89. The molecule has 0 bridgehead atoms. The first kappa shape index (κ1) is 20.8. The molecule has 1 saturated carbocycles. The number of hydrogen-bond acceptors (Lipinski definition) is 6. The third-order valence-electron chi connectivity index (χ3n) is 4.75. The Kier molecular flexibility index (Phi) is 6.44. The largest absolute Gasteiger partial charge is 0.334 e. The van der Waals surface area contributed by atoms with Gasteiger partial charge in [0.15, 0.2) is 5.82 Å². The first-order valence-corrected chi connectivity index (χ1v) is 10.1. The molecular weight excluding hydrogens is 376 g/mol. The Labute approximate surface area is 160 Å². The van der Waals surface area contributed by atoms with Crippen molar-refractivity contribution in [2.24, 2.45) is 5.73 Å². The van der Waals surface area contributed by atoms with E-state index in [0.29, 0.717) is 17.3 Å². The van der Waals surface area contributed by atoms with Crippen molar-refractivity contribution < 1.29 is 12.9 Å². The first-order chi connectivity index (χ1) is 11.8. The van der Waals surface area contributed by atoms with Crippen molar-refractivity contribution in [1.29, 1.82) is 0 Å². The summed E-state index contributed by atoms with van der Waals surface area (Å²) in [6.45, 7) is 3.76. The second-order valence-corrected chi connectivity index (χ2v) is 8.46. The number of rotatable bonds is 6. The summed E-state index contributed by atoms with van der Waals surface area (Å²) in [6.07, 6.45) is 4.56. The van der Waals surface area contributed by atoms with Gasteiger partial charge < -0.3 is 10.3 Å². The number of nitrogens with two attached hydrogens (primary N) is 1. The van der Waals surface area contributed by atoms with E-state index in [0.717, 1.165) is 32.1 Å². The Morgan fingerprint density at radius 2 is 1.88 bits per heavy atom. The first-order valence-electron chi connectivity index (χ1n) is 8.60. The predicted octanol–water partition coefficient (Wildman–Crippen LogP) is 2.96. The van der Waals surface area contributed by atoms with Crippen LogP contribution in [0.25, 0.3) is 11.5 Å². The van der Waals surface area contributed by atoms with Crippen LogP contribution in [-0.2, 0) is 15.6 Å². The molecule has 1 aliphatic carbocycles. The van der Waals surface area contributed by atoms with Gasteiger partial charge in [0.05, 0.1) is 10.4 Å². The van der Waals surface area contributed by atoms with Gasteiger partial charge >= 0.3 is 0 Å². The van der Waals surface area contributed by atoms with Crippen molar-refractivity contribution in [3.05, 3.63) is 30.1 Å². The van der Waals surface area contributed by atoms with E-state index in [9.17, 15) is 8.42 Å². The molecule has 1 aromatic carbocycles. The molecule has 0 radical (unpaired) electrons. The molecule has 3 N–H and O–H groups in total. The minimum absolute atomic E-state index is 0. The summed E-state index contributed by atoms with van der Waals surface area (Å²) in [5.41, 5.74) is 6.50. The molecule has 2 aromatic rings. The van der Waals surface area contributed by atoms with E-state index >= 15 is 0 Å². The molecule has 0 aliphatic heterocycles. The Balaban J connectivity index is 0.00000243. The minimum atomic E-state index is -3.52. The van der Waals surface area contributed by atoms with Crippen molar-refractivity contribution in [1.82, 2.24) is 14.9 Å². The van der Waals surface area contributed by atoms with Crippen molar-refractivity contribution in [2.75, 3.05) is 0 Å². The molecule has 1 atom stereocenters. The van der Waals surface area contributed by atoms with Crippen LogP contribution in [-0.4, -0.2) is 24.6 Å². The number of nitrogens with one attached hydrogen (secondary N) is 1. The van der Waals surface area contributed by atoms with Crippen molar-refractivity contribution in [3.63, 3.8) is 0 Å². The lowest BCUT2D eigenvalue weighted by molar-refractivity contribution is 0.372. The fourth-order valence-corrected chi connectivity index (χ4v) is 4.29. The molecule has 3 rings (SSSR count). The molecular formula is C17H25ClN4O3S. The Bertz CT molecular complexity index is 830. The third kappa shape index (κ3) is 4.25. The normalized spacial score (nSPS) is 17.7. The van der Waals surface area contributed by atoms with Gasteiger partial charge in [-0.3, -0.25) is 0 Å². The minimum Gasteiger partial charge on any atom is -0.334 e. The number of aromatic nitrogens is 2. The van der Waals surface area contributed by atoms with Crippen LogP contribution in [0.3, 0.4) is 0 Å². The standard InChI is InChI=1S/C17H24N4O3S.ClH/c1-3-12(2)21-25(22,23)14-8-6-13(7-9-14)15-19-16(20-24-15)17(18)10-4-5-11-17;/h6-9,12,21H,3-5,10-11,18H2,1-2H3;1H. The van der Waals surface area contributed by atoms with E-state index < -0.39 is 15.6 Å². The molecule has 7 nitrogen and oxygen atoms in total. The van der Waals surface area contributed by atoms with Crippen molar-refractivity contribution in [3.8, 4) is 11.5 Å². The summed E-state index contributed by atoms with van der Waals surface area (Å²) >= 11 is 0. The summed E-state index contributed by atoms with van der Waals surface area (Å²) in [6, 6.07) is 6.30. The van der Waals surface area contributed by atoms with Gasteiger partial charge in [0.1, 0.15) is 0 Å². The quantitative estimate of drug-likeness (QED) is 0.770. The monoisotopic (exact) mass is 400 g/mol. The molecule has 1 aromatic heterocycles. The number of halogens is 1. The van der Waals surface area contributed by atoms with E-state index in [1.165, 1.54) is 12.1 Å². The molecule has 26 heavy (non-hydrogen) atoms. The van der Waals surface area contributed by atoms with E-state index in [1.54, 1.807) is 12.1 Å². The van der Waals surface area contributed by atoms with Crippen molar-refractivity contribution in [2.45, 2.75) is 62.4 Å². The van der Waals surface area contributed by atoms with Gasteiger partial charge in [0.2, 0.25) is 10.0 Å². The lowest BCUT2D eigenvalue weighted by Gasteiger charge is -2.17. The van der Waals surface area contributed by atoms with Gasteiger partial charge in [0, 0.05) is 11.6 Å². The summed E-state index contributed by atoms with van der Waals surface area (Å²) in [5, 5.41) is 4.03.